The number of aryl methyl sites for hydroxylation is 1. The molecule has 4 rings (SSSR count). The predicted octanol–water partition coefficient (Wildman–Crippen LogP) is 3.98. The fourth-order valence-corrected chi connectivity index (χ4v) is 4.00. The summed E-state index contributed by atoms with van der Waals surface area (Å²) in [5.74, 6) is 0.835. The van der Waals surface area contributed by atoms with Gasteiger partial charge in [0.05, 0.1) is 18.6 Å². The largest absolute Gasteiger partial charge is 0.504 e. The number of methoxy groups -OCH3 is 1. The zero-order valence-corrected chi connectivity index (χ0v) is 20.3. The summed E-state index contributed by atoms with van der Waals surface area (Å²) < 4.78 is 7.04. The highest BCUT2D eigenvalue weighted by Gasteiger charge is 2.17. The Kier molecular flexibility index (Phi) is 7.41. The van der Waals surface area contributed by atoms with Crippen LogP contribution >= 0.6 is 11.8 Å². The van der Waals surface area contributed by atoms with Gasteiger partial charge < -0.3 is 9.84 Å². The van der Waals surface area contributed by atoms with E-state index in [2.05, 4.69) is 25.7 Å². The SMILES string of the molecule is COc1cc(/C(C)=N/NC(=O)CSc2nnc(-c3ccncc3)n2-c2ccc(C)cc2)ccc1O. The fourth-order valence-electron chi connectivity index (χ4n) is 3.25. The minimum Gasteiger partial charge on any atom is -0.504 e. The zero-order valence-electron chi connectivity index (χ0n) is 19.5. The van der Waals surface area contributed by atoms with E-state index >= 15 is 0 Å². The molecule has 9 nitrogen and oxygen atoms in total. The molecule has 0 fully saturated rings. The van der Waals surface area contributed by atoms with Crippen molar-refractivity contribution >= 4 is 23.4 Å². The van der Waals surface area contributed by atoms with Gasteiger partial charge in [0.1, 0.15) is 0 Å². The topological polar surface area (TPSA) is 115 Å². The molecule has 4 aromatic rings. The summed E-state index contributed by atoms with van der Waals surface area (Å²) in [6, 6.07) is 16.6. The number of phenols is 1. The van der Waals surface area contributed by atoms with Crippen molar-refractivity contribution in [1.82, 2.24) is 25.2 Å². The van der Waals surface area contributed by atoms with Crippen molar-refractivity contribution in [3.8, 4) is 28.6 Å². The van der Waals surface area contributed by atoms with E-state index in [4.69, 9.17) is 4.74 Å². The number of ether oxygens (including phenoxy) is 1. The molecule has 0 unspecified atom stereocenters. The highest BCUT2D eigenvalue weighted by Crippen LogP contribution is 2.28. The van der Waals surface area contributed by atoms with Crippen molar-refractivity contribution in [2.75, 3.05) is 12.9 Å². The van der Waals surface area contributed by atoms with Crippen LogP contribution in [0.15, 0.2) is 77.2 Å². The van der Waals surface area contributed by atoms with Gasteiger partial charge in [-0.05, 0) is 56.3 Å². The van der Waals surface area contributed by atoms with E-state index in [1.165, 1.54) is 24.9 Å². The summed E-state index contributed by atoms with van der Waals surface area (Å²) >= 11 is 1.26. The number of carbonyl (C=O) groups is 1. The van der Waals surface area contributed by atoms with E-state index < -0.39 is 0 Å². The Labute approximate surface area is 206 Å². The van der Waals surface area contributed by atoms with Gasteiger partial charge in [0.25, 0.3) is 5.91 Å². The first kappa shape index (κ1) is 24.0. The third-order valence-electron chi connectivity index (χ3n) is 5.14. The number of hydrazone groups is 1. The molecule has 0 saturated carbocycles. The Hall–Kier alpha value is -4.18. The van der Waals surface area contributed by atoms with Gasteiger partial charge in [-0.15, -0.1) is 10.2 Å². The van der Waals surface area contributed by atoms with Gasteiger partial charge >= 0.3 is 0 Å². The summed E-state index contributed by atoms with van der Waals surface area (Å²) in [6.07, 6.45) is 3.40. The van der Waals surface area contributed by atoms with Gasteiger partial charge in [-0.2, -0.15) is 5.10 Å². The highest BCUT2D eigenvalue weighted by atomic mass is 32.2. The lowest BCUT2D eigenvalue weighted by molar-refractivity contribution is -0.118. The van der Waals surface area contributed by atoms with Gasteiger partial charge in [0, 0.05) is 29.2 Å². The molecule has 2 N–H and O–H groups in total. The molecule has 0 radical (unpaired) electrons. The van der Waals surface area contributed by atoms with Crippen molar-refractivity contribution in [2.45, 2.75) is 19.0 Å². The summed E-state index contributed by atoms with van der Waals surface area (Å²) in [7, 11) is 1.47. The number of amides is 1. The molecule has 178 valence electrons. The second-order valence-corrected chi connectivity index (χ2v) is 8.56. The number of aromatic hydroxyl groups is 1. The van der Waals surface area contributed by atoms with Crippen LogP contribution < -0.4 is 10.2 Å². The molecular formula is C25H24N6O3S. The molecule has 0 aliphatic carbocycles. The number of pyridine rings is 1. The monoisotopic (exact) mass is 488 g/mol. The Morgan fingerprint density at radius 3 is 2.57 bits per heavy atom. The first-order chi connectivity index (χ1) is 17.0. The average Bonchev–Trinajstić information content (AvgIpc) is 3.31. The molecule has 0 atom stereocenters. The van der Waals surface area contributed by atoms with E-state index in [1.54, 1.807) is 31.5 Å². The van der Waals surface area contributed by atoms with E-state index in [-0.39, 0.29) is 17.4 Å². The van der Waals surface area contributed by atoms with Crippen LogP contribution in [0.3, 0.4) is 0 Å². The highest BCUT2D eigenvalue weighted by molar-refractivity contribution is 7.99. The number of phenolic OH excluding ortho intramolecular Hbond substituents is 1. The first-order valence-corrected chi connectivity index (χ1v) is 11.7. The minimum absolute atomic E-state index is 0.0355. The number of benzene rings is 2. The third kappa shape index (κ3) is 5.67. The van der Waals surface area contributed by atoms with Crippen LogP contribution in [0.4, 0.5) is 0 Å². The summed E-state index contributed by atoms with van der Waals surface area (Å²) in [4.78, 5) is 16.6. The van der Waals surface area contributed by atoms with Crippen molar-refractivity contribution in [2.24, 2.45) is 5.10 Å². The van der Waals surface area contributed by atoms with E-state index in [9.17, 15) is 9.90 Å². The Balaban J connectivity index is 1.50. The van der Waals surface area contributed by atoms with Crippen LogP contribution in [0.5, 0.6) is 11.5 Å². The Bertz CT molecular complexity index is 1350. The third-order valence-corrected chi connectivity index (χ3v) is 6.07. The van der Waals surface area contributed by atoms with Crippen LogP contribution in [0.1, 0.15) is 18.1 Å². The number of nitrogens with one attached hydrogen (secondary N) is 1. The quantitative estimate of drug-likeness (QED) is 0.219. The lowest BCUT2D eigenvalue weighted by atomic mass is 10.1. The summed E-state index contributed by atoms with van der Waals surface area (Å²) in [5.41, 5.74) is 6.76. The molecule has 2 heterocycles. The standard InChI is InChI=1S/C25H24N6O3S/c1-16-4-7-20(8-5-16)31-24(18-10-12-26-13-11-18)29-30-25(31)35-15-23(33)28-27-17(2)19-6-9-21(32)22(14-19)34-3/h4-14,32H,15H2,1-3H3,(H,28,33)/b27-17+. The van der Waals surface area contributed by atoms with E-state index in [0.29, 0.717) is 28.0 Å². The second-order valence-electron chi connectivity index (χ2n) is 7.62. The van der Waals surface area contributed by atoms with Gasteiger partial charge in [-0.1, -0.05) is 29.5 Å². The van der Waals surface area contributed by atoms with E-state index in [1.807, 2.05) is 47.9 Å². The number of aromatic nitrogens is 4. The summed E-state index contributed by atoms with van der Waals surface area (Å²) in [6.45, 7) is 3.78. The molecule has 0 aliphatic rings. The van der Waals surface area contributed by atoms with Crippen molar-refractivity contribution in [3.05, 3.63) is 78.1 Å². The van der Waals surface area contributed by atoms with Crippen LogP contribution in [-0.2, 0) is 4.79 Å². The number of carbonyl (C=O) groups excluding carboxylic acids is 1. The molecule has 35 heavy (non-hydrogen) atoms. The molecule has 2 aromatic heterocycles. The maximum atomic E-state index is 12.5. The maximum Gasteiger partial charge on any atom is 0.250 e. The zero-order chi connectivity index (χ0) is 24.8. The van der Waals surface area contributed by atoms with Crippen molar-refractivity contribution in [1.29, 1.82) is 0 Å². The van der Waals surface area contributed by atoms with Crippen LogP contribution in [0.2, 0.25) is 0 Å². The molecule has 0 saturated heterocycles. The van der Waals surface area contributed by atoms with E-state index in [0.717, 1.165) is 16.8 Å². The number of thioether (sulfide) groups is 1. The van der Waals surface area contributed by atoms with Gasteiger partial charge in [-0.25, -0.2) is 5.43 Å². The fraction of sp³-hybridized carbons (Fsp3) is 0.160. The van der Waals surface area contributed by atoms with Gasteiger partial charge in [0.15, 0.2) is 22.5 Å². The molecule has 0 bridgehead atoms. The van der Waals surface area contributed by atoms with Gasteiger partial charge in [-0.3, -0.25) is 14.3 Å². The Morgan fingerprint density at radius 1 is 1.11 bits per heavy atom. The molecule has 0 spiro atoms. The Morgan fingerprint density at radius 2 is 1.86 bits per heavy atom. The molecule has 2 aromatic carbocycles. The molecular weight excluding hydrogens is 464 g/mol. The maximum absolute atomic E-state index is 12.5. The average molecular weight is 489 g/mol. The molecule has 0 aliphatic heterocycles. The smallest absolute Gasteiger partial charge is 0.250 e. The normalized spacial score (nSPS) is 11.3. The van der Waals surface area contributed by atoms with Crippen LogP contribution in [0, 0.1) is 6.92 Å². The summed E-state index contributed by atoms with van der Waals surface area (Å²) in [5, 5.41) is 23.2. The molecule has 10 heteroatoms. The lowest BCUT2D eigenvalue weighted by Crippen LogP contribution is -2.21. The molecule has 1 amide bonds. The minimum atomic E-state index is -0.288. The van der Waals surface area contributed by atoms with Gasteiger partial charge in [0.2, 0.25) is 0 Å². The number of hydrogen-bond donors (Lipinski definition) is 2. The van der Waals surface area contributed by atoms with Crippen LogP contribution in [0.25, 0.3) is 17.1 Å². The lowest BCUT2D eigenvalue weighted by Gasteiger charge is -2.10. The number of nitrogens with zero attached hydrogens (tertiary/aromatic N) is 5. The number of rotatable bonds is 8. The number of hydrogen-bond acceptors (Lipinski definition) is 8. The predicted molar refractivity (Wildman–Crippen MR) is 135 cm³/mol. The first-order valence-electron chi connectivity index (χ1n) is 10.7. The van der Waals surface area contributed by atoms with Crippen LogP contribution in [-0.4, -0.2) is 49.3 Å². The van der Waals surface area contributed by atoms with Crippen molar-refractivity contribution in [3.63, 3.8) is 0 Å². The van der Waals surface area contributed by atoms with Crippen molar-refractivity contribution < 1.29 is 14.6 Å². The second kappa shape index (κ2) is 10.8.